The third kappa shape index (κ3) is 2.03. The van der Waals surface area contributed by atoms with Gasteiger partial charge in [-0.1, -0.05) is 6.20 Å². The summed E-state index contributed by atoms with van der Waals surface area (Å²) in [5, 5.41) is 0. The molecule has 1 aromatic heterocycles. The van der Waals surface area contributed by atoms with Crippen LogP contribution in [-0.2, 0) is 16.5 Å². The number of pyridine rings is 1. The molecule has 0 bridgehead atoms. The number of hydrogen-bond acceptors (Lipinski definition) is 1. The van der Waals surface area contributed by atoms with Gasteiger partial charge in [0, 0.05) is 22.3 Å². The van der Waals surface area contributed by atoms with Gasteiger partial charge in [0.15, 0.2) is 0 Å². The van der Waals surface area contributed by atoms with Crippen molar-refractivity contribution < 1.29 is 20.9 Å². The van der Waals surface area contributed by atoms with Gasteiger partial charge in [0.05, 0.1) is 0 Å². The number of rotatable bonds is 0. The monoisotopic (exact) mass is 154 g/mol. The van der Waals surface area contributed by atoms with Crippen molar-refractivity contribution in [1.29, 1.82) is 0 Å². The third-order valence-corrected chi connectivity index (χ3v) is 0.575. The fraction of sp³-hybridized carbons (Fsp3) is 0. The first-order valence-electron chi connectivity index (χ1n) is 1.88. The van der Waals surface area contributed by atoms with Crippen LogP contribution in [0.1, 0.15) is 0 Å². The molecule has 0 atom stereocenters. The summed E-state index contributed by atoms with van der Waals surface area (Å²) < 4.78 is 11.8. The molecule has 0 aliphatic heterocycles. The zero-order valence-corrected chi connectivity index (χ0v) is 4.86. The zero-order valence-electron chi connectivity index (χ0n) is 3.87. The van der Waals surface area contributed by atoms with E-state index in [1.807, 2.05) is 0 Å². The molecule has 0 saturated heterocycles. The van der Waals surface area contributed by atoms with Gasteiger partial charge in [0.2, 0.25) is 0 Å². The van der Waals surface area contributed by atoms with E-state index >= 15 is 0 Å². The van der Waals surface area contributed by atoms with Crippen molar-refractivity contribution in [3.8, 4) is 0 Å². The fourth-order valence-corrected chi connectivity index (χ4v) is 0.307. The Bertz CT molecular complexity index is 142. The maximum absolute atomic E-state index is 11.8. The largest absolute Gasteiger partial charge is 0.391 e. The molecule has 0 unspecified atom stereocenters. The normalized spacial score (nSPS) is 7.62. The smallest absolute Gasteiger partial charge is 0.0297 e. The minimum atomic E-state index is -0.414. The van der Waals surface area contributed by atoms with E-state index in [1.165, 1.54) is 18.3 Å². The summed E-state index contributed by atoms with van der Waals surface area (Å²) in [6.07, 6.45) is 3.59. The summed E-state index contributed by atoms with van der Waals surface area (Å²) in [4.78, 5) is 3.38. The predicted octanol–water partition coefficient (Wildman–Crippen LogP) is 1.02. The molecule has 3 heteroatoms. The molecule has 0 N–H and O–H groups in total. The number of nitrogens with zero attached hydrogens (tertiary/aromatic N) is 1. The second kappa shape index (κ2) is 3.56. The first kappa shape index (κ1) is 7.57. The second-order valence-corrected chi connectivity index (χ2v) is 1.10. The van der Waals surface area contributed by atoms with Crippen LogP contribution < -0.4 is 0 Å². The fourth-order valence-electron chi connectivity index (χ4n) is 0.307. The van der Waals surface area contributed by atoms with Crippen molar-refractivity contribution in [2.45, 2.75) is 0 Å². The first-order chi connectivity index (χ1) is 3.39. The second-order valence-electron chi connectivity index (χ2n) is 1.10. The summed E-state index contributed by atoms with van der Waals surface area (Å²) in [6, 6.07) is 2.82. The Morgan fingerprint density at radius 3 is 2.62 bits per heavy atom. The standard InChI is InChI=1S/C5H3FN.Ni/c6-5-2-1-3-7-4-5;/h1-3H;/q-1;. The molecule has 0 spiro atoms. The van der Waals surface area contributed by atoms with Crippen LogP contribution in [0.2, 0.25) is 0 Å². The van der Waals surface area contributed by atoms with Crippen LogP contribution in [-0.4, -0.2) is 4.98 Å². The summed E-state index contributed by atoms with van der Waals surface area (Å²) >= 11 is 0. The average Bonchev–Trinajstić information content (AvgIpc) is 1.69. The molecule has 1 heterocycles. The van der Waals surface area contributed by atoms with Crippen LogP contribution >= 0.6 is 0 Å². The molecule has 0 fully saturated rings. The SMILES string of the molecule is Fc1[c-]nccc1.[Ni]. The molecule has 0 aliphatic rings. The Balaban J connectivity index is 0.000000490. The molecule has 0 radical (unpaired) electrons. The van der Waals surface area contributed by atoms with E-state index in [9.17, 15) is 4.39 Å². The van der Waals surface area contributed by atoms with Crippen LogP contribution in [0.4, 0.5) is 4.39 Å². The van der Waals surface area contributed by atoms with E-state index in [4.69, 9.17) is 0 Å². The molecule has 1 aromatic rings. The van der Waals surface area contributed by atoms with Gasteiger partial charge in [-0.15, -0.1) is 6.07 Å². The number of hydrogen-bond donors (Lipinski definition) is 0. The Hall–Kier alpha value is -0.426. The Labute approximate surface area is 56.9 Å². The van der Waals surface area contributed by atoms with E-state index in [0.29, 0.717) is 0 Å². The Kier molecular flexibility index (Phi) is 3.37. The van der Waals surface area contributed by atoms with Crippen molar-refractivity contribution in [1.82, 2.24) is 4.98 Å². The van der Waals surface area contributed by atoms with Gasteiger partial charge in [0.1, 0.15) is 0 Å². The minimum absolute atomic E-state index is 0. The maximum atomic E-state index is 11.8. The Morgan fingerprint density at radius 1 is 1.62 bits per heavy atom. The van der Waals surface area contributed by atoms with Crippen molar-refractivity contribution in [3.63, 3.8) is 0 Å². The van der Waals surface area contributed by atoms with Gasteiger partial charge in [-0.05, 0) is 6.20 Å². The van der Waals surface area contributed by atoms with Crippen LogP contribution in [0.3, 0.4) is 0 Å². The number of aromatic nitrogens is 1. The molecular weight excluding hydrogens is 152 g/mol. The molecule has 8 heavy (non-hydrogen) atoms. The van der Waals surface area contributed by atoms with Crippen molar-refractivity contribution in [2.24, 2.45) is 0 Å². The van der Waals surface area contributed by atoms with Crippen molar-refractivity contribution >= 4 is 0 Å². The summed E-state index contributed by atoms with van der Waals surface area (Å²) in [7, 11) is 0. The third-order valence-electron chi connectivity index (χ3n) is 0.575. The molecule has 1 nitrogen and oxygen atoms in total. The van der Waals surface area contributed by atoms with Gasteiger partial charge < -0.3 is 4.98 Å². The topological polar surface area (TPSA) is 12.9 Å². The molecule has 0 aliphatic carbocycles. The Morgan fingerprint density at radius 2 is 2.38 bits per heavy atom. The predicted molar refractivity (Wildman–Crippen MR) is 23.0 cm³/mol. The van der Waals surface area contributed by atoms with Gasteiger partial charge in [-0.3, -0.25) is 0 Å². The molecule has 1 rings (SSSR count). The van der Waals surface area contributed by atoms with Crippen molar-refractivity contribution in [3.05, 3.63) is 30.3 Å². The molecular formula is C5H3FNNi-. The van der Waals surface area contributed by atoms with Crippen LogP contribution in [0.15, 0.2) is 18.3 Å². The average molecular weight is 155 g/mol. The quantitative estimate of drug-likeness (QED) is 0.402. The summed E-state index contributed by atoms with van der Waals surface area (Å²) in [6.45, 7) is 0. The zero-order chi connectivity index (χ0) is 5.11. The molecule has 0 amide bonds. The van der Waals surface area contributed by atoms with Crippen LogP contribution in [0, 0.1) is 12.0 Å². The van der Waals surface area contributed by atoms with Gasteiger partial charge in [0.25, 0.3) is 0 Å². The molecule has 46 valence electrons. The molecule has 0 aromatic carbocycles. The summed E-state index contributed by atoms with van der Waals surface area (Å²) in [5.74, 6) is -0.414. The van der Waals surface area contributed by atoms with Gasteiger partial charge in [-0.2, -0.15) is 6.07 Å². The maximum Gasteiger partial charge on any atom is 0.0297 e. The van der Waals surface area contributed by atoms with Crippen LogP contribution in [0.25, 0.3) is 0 Å². The first-order valence-corrected chi connectivity index (χ1v) is 1.88. The summed E-state index contributed by atoms with van der Waals surface area (Å²) in [5.41, 5.74) is 0. The molecule has 0 saturated carbocycles. The number of halogens is 1. The van der Waals surface area contributed by atoms with E-state index in [0.717, 1.165) is 0 Å². The van der Waals surface area contributed by atoms with E-state index in [-0.39, 0.29) is 16.5 Å². The van der Waals surface area contributed by atoms with Gasteiger partial charge >= 0.3 is 0 Å². The van der Waals surface area contributed by atoms with Gasteiger partial charge in [-0.25, -0.2) is 4.39 Å². The van der Waals surface area contributed by atoms with E-state index in [1.54, 1.807) is 0 Å². The van der Waals surface area contributed by atoms with E-state index < -0.39 is 5.82 Å². The van der Waals surface area contributed by atoms with Crippen molar-refractivity contribution in [2.75, 3.05) is 0 Å². The van der Waals surface area contributed by atoms with Crippen LogP contribution in [0.5, 0.6) is 0 Å². The minimum Gasteiger partial charge on any atom is -0.391 e. The van der Waals surface area contributed by atoms with E-state index in [2.05, 4.69) is 11.2 Å².